The fourth-order valence-corrected chi connectivity index (χ4v) is 2.81. The monoisotopic (exact) mass is 300 g/mol. The third-order valence-electron chi connectivity index (χ3n) is 4.50. The van der Waals surface area contributed by atoms with Crippen molar-refractivity contribution in [2.24, 2.45) is 11.7 Å². The third-order valence-corrected chi connectivity index (χ3v) is 4.50. The molecule has 1 aromatic carbocycles. The summed E-state index contributed by atoms with van der Waals surface area (Å²) in [6.07, 6.45) is 4.83. The molecule has 1 aromatic rings. The fraction of sp³-hybridized carbons (Fsp3) is 0.444. The molecule has 0 radical (unpaired) electrons. The topological polar surface area (TPSA) is 63.4 Å². The molecule has 2 rings (SSSR count). The van der Waals surface area contributed by atoms with Crippen LogP contribution in [-0.2, 0) is 9.59 Å². The van der Waals surface area contributed by atoms with Crippen LogP contribution in [0, 0.1) is 26.7 Å². The molecule has 1 saturated heterocycles. The second-order valence-corrected chi connectivity index (χ2v) is 6.13. The summed E-state index contributed by atoms with van der Waals surface area (Å²) in [5, 5.41) is 0. The normalized spacial score (nSPS) is 16.2. The summed E-state index contributed by atoms with van der Waals surface area (Å²) in [4.78, 5) is 25.2. The summed E-state index contributed by atoms with van der Waals surface area (Å²) in [6.45, 7) is 7.41. The zero-order chi connectivity index (χ0) is 16.3. The van der Waals surface area contributed by atoms with Gasteiger partial charge in [0.15, 0.2) is 0 Å². The number of nitrogens with two attached hydrogens (primary N) is 1. The van der Waals surface area contributed by atoms with Crippen LogP contribution in [0.3, 0.4) is 0 Å². The van der Waals surface area contributed by atoms with Crippen LogP contribution in [0.1, 0.15) is 35.1 Å². The predicted octanol–water partition coefficient (Wildman–Crippen LogP) is 2.35. The minimum atomic E-state index is -0.256. The Balaban J connectivity index is 2.01. The van der Waals surface area contributed by atoms with Crippen LogP contribution in [0.5, 0.6) is 0 Å². The summed E-state index contributed by atoms with van der Waals surface area (Å²) in [5.74, 6) is -0.344. The molecule has 1 heterocycles. The van der Waals surface area contributed by atoms with Crippen molar-refractivity contribution < 1.29 is 9.59 Å². The van der Waals surface area contributed by atoms with E-state index in [9.17, 15) is 9.59 Å². The van der Waals surface area contributed by atoms with Crippen LogP contribution in [0.2, 0.25) is 0 Å². The molecule has 0 spiro atoms. The lowest BCUT2D eigenvalue weighted by Gasteiger charge is -2.29. The number of amides is 2. The summed E-state index contributed by atoms with van der Waals surface area (Å²) in [5.41, 5.74) is 10.0. The van der Waals surface area contributed by atoms with Crippen molar-refractivity contribution in [2.45, 2.75) is 33.6 Å². The summed E-state index contributed by atoms with van der Waals surface area (Å²) < 4.78 is 0. The molecule has 0 unspecified atom stereocenters. The lowest BCUT2D eigenvalue weighted by atomic mass is 9.96. The van der Waals surface area contributed by atoms with Crippen molar-refractivity contribution in [1.29, 1.82) is 0 Å². The van der Waals surface area contributed by atoms with Crippen LogP contribution in [0.4, 0.5) is 0 Å². The molecular formula is C18H24N2O2. The Hall–Kier alpha value is -2.10. The number of rotatable bonds is 3. The minimum Gasteiger partial charge on any atom is -0.369 e. The van der Waals surface area contributed by atoms with Gasteiger partial charge in [0, 0.05) is 25.1 Å². The van der Waals surface area contributed by atoms with Gasteiger partial charge in [0.1, 0.15) is 0 Å². The molecular weight excluding hydrogens is 276 g/mol. The highest BCUT2D eigenvalue weighted by molar-refractivity contribution is 5.92. The number of hydrogen-bond donors (Lipinski definition) is 1. The largest absolute Gasteiger partial charge is 0.369 e. The van der Waals surface area contributed by atoms with Crippen LogP contribution >= 0.6 is 0 Å². The van der Waals surface area contributed by atoms with Crippen molar-refractivity contribution in [3.8, 4) is 0 Å². The maximum absolute atomic E-state index is 12.2. The van der Waals surface area contributed by atoms with Crippen LogP contribution in [0.25, 0.3) is 6.08 Å². The van der Waals surface area contributed by atoms with Crippen molar-refractivity contribution in [3.05, 3.63) is 40.5 Å². The molecule has 0 saturated carbocycles. The third kappa shape index (κ3) is 3.75. The van der Waals surface area contributed by atoms with Gasteiger partial charge in [0.05, 0.1) is 0 Å². The molecule has 2 amide bonds. The Morgan fingerprint density at radius 1 is 1.09 bits per heavy atom. The zero-order valence-corrected chi connectivity index (χ0v) is 13.6. The number of piperidine rings is 1. The van der Waals surface area contributed by atoms with E-state index in [0.717, 1.165) is 5.56 Å². The van der Waals surface area contributed by atoms with Crippen LogP contribution in [-0.4, -0.2) is 29.8 Å². The molecule has 1 fully saturated rings. The summed E-state index contributed by atoms with van der Waals surface area (Å²) >= 11 is 0. The minimum absolute atomic E-state index is 0.000508. The lowest BCUT2D eigenvalue weighted by molar-refractivity contribution is -0.130. The average Bonchev–Trinajstić information content (AvgIpc) is 2.49. The van der Waals surface area contributed by atoms with Gasteiger partial charge in [0.25, 0.3) is 0 Å². The maximum atomic E-state index is 12.2. The van der Waals surface area contributed by atoms with Crippen LogP contribution in [0.15, 0.2) is 18.2 Å². The molecule has 4 nitrogen and oxygen atoms in total. The van der Waals surface area contributed by atoms with Gasteiger partial charge >= 0.3 is 0 Å². The highest BCUT2D eigenvalue weighted by Crippen LogP contribution is 2.19. The SMILES string of the molecule is Cc1cc(C)c(/C=C/C(=O)N2CCC(C(N)=O)CC2)cc1C. The van der Waals surface area contributed by atoms with Gasteiger partial charge in [-0.15, -0.1) is 0 Å². The van der Waals surface area contributed by atoms with Gasteiger partial charge < -0.3 is 10.6 Å². The smallest absolute Gasteiger partial charge is 0.246 e. The molecule has 0 bridgehead atoms. The number of primary amides is 1. The van der Waals surface area contributed by atoms with E-state index in [2.05, 4.69) is 32.9 Å². The summed E-state index contributed by atoms with van der Waals surface area (Å²) in [6, 6.07) is 4.24. The Kier molecular flexibility index (Phi) is 5.01. The number of aryl methyl sites for hydroxylation is 3. The lowest BCUT2D eigenvalue weighted by Crippen LogP contribution is -2.41. The molecule has 0 aromatic heterocycles. The standard InChI is InChI=1S/C18H24N2O2/c1-12-10-14(3)16(11-13(12)2)4-5-17(21)20-8-6-15(7-9-20)18(19)22/h4-5,10-11,15H,6-9H2,1-3H3,(H2,19,22)/b5-4+. The molecule has 4 heteroatoms. The number of likely N-dealkylation sites (tertiary alicyclic amines) is 1. The quantitative estimate of drug-likeness (QED) is 0.871. The Morgan fingerprint density at radius 2 is 1.68 bits per heavy atom. The first-order chi connectivity index (χ1) is 10.4. The van der Waals surface area contributed by atoms with Crippen LogP contribution < -0.4 is 5.73 Å². The molecule has 2 N–H and O–H groups in total. The van der Waals surface area contributed by atoms with E-state index in [-0.39, 0.29) is 17.7 Å². The van der Waals surface area contributed by atoms with E-state index in [4.69, 9.17) is 5.73 Å². The van der Waals surface area contributed by atoms with Gasteiger partial charge in [-0.25, -0.2) is 0 Å². The molecule has 118 valence electrons. The van der Waals surface area contributed by atoms with Gasteiger partial charge in [-0.3, -0.25) is 9.59 Å². The van der Waals surface area contributed by atoms with Gasteiger partial charge in [-0.05, 0) is 61.9 Å². The number of carbonyl (C=O) groups excluding carboxylic acids is 2. The molecule has 0 aliphatic carbocycles. The Bertz CT molecular complexity index is 612. The first kappa shape index (κ1) is 16.3. The first-order valence-corrected chi connectivity index (χ1v) is 7.72. The number of nitrogens with zero attached hydrogens (tertiary/aromatic N) is 1. The Labute approximate surface area is 132 Å². The van der Waals surface area contributed by atoms with Crippen molar-refractivity contribution in [3.63, 3.8) is 0 Å². The Morgan fingerprint density at radius 3 is 2.27 bits per heavy atom. The fourth-order valence-electron chi connectivity index (χ4n) is 2.81. The average molecular weight is 300 g/mol. The van der Waals surface area contributed by atoms with E-state index in [1.54, 1.807) is 11.0 Å². The molecule has 1 aliphatic heterocycles. The van der Waals surface area contributed by atoms with E-state index in [1.165, 1.54) is 16.7 Å². The van der Waals surface area contributed by atoms with E-state index >= 15 is 0 Å². The first-order valence-electron chi connectivity index (χ1n) is 7.72. The molecule has 1 aliphatic rings. The highest BCUT2D eigenvalue weighted by Gasteiger charge is 2.24. The van der Waals surface area contributed by atoms with E-state index < -0.39 is 0 Å². The molecule has 0 atom stereocenters. The van der Waals surface area contributed by atoms with Gasteiger partial charge in [0.2, 0.25) is 11.8 Å². The zero-order valence-electron chi connectivity index (χ0n) is 13.6. The van der Waals surface area contributed by atoms with Gasteiger partial charge in [-0.2, -0.15) is 0 Å². The highest BCUT2D eigenvalue weighted by atomic mass is 16.2. The number of carbonyl (C=O) groups is 2. The van der Waals surface area contributed by atoms with Crippen molar-refractivity contribution in [1.82, 2.24) is 4.90 Å². The van der Waals surface area contributed by atoms with Crippen molar-refractivity contribution in [2.75, 3.05) is 13.1 Å². The number of benzene rings is 1. The van der Waals surface area contributed by atoms with E-state index in [1.807, 2.05) is 6.08 Å². The maximum Gasteiger partial charge on any atom is 0.246 e. The second-order valence-electron chi connectivity index (χ2n) is 6.13. The number of hydrogen-bond acceptors (Lipinski definition) is 2. The predicted molar refractivity (Wildman–Crippen MR) is 88.2 cm³/mol. The van der Waals surface area contributed by atoms with E-state index in [0.29, 0.717) is 25.9 Å². The van der Waals surface area contributed by atoms with Crippen molar-refractivity contribution >= 4 is 17.9 Å². The molecule has 22 heavy (non-hydrogen) atoms. The second kappa shape index (κ2) is 6.77. The summed E-state index contributed by atoms with van der Waals surface area (Å²) in [7, 11) is 0. The van der Waals surface area contributed by atoms with Gasteiger partial charge in [-0.1, -0.05) is 12.1 Å².